The number of amides is 1. The van der Waals surface area contributed by atoms with E-state index in [1.54, 1.807) is 23.1 Å². The van der Waals surface area contributed by atoms with Crippen LogP contribution >= 0.6 is 0 Å². The minimum absolute atomic E-state index is 0.0526. The van der Waals surface area contributed by atoms with E-state index in [2.05, 4.69) is 9.88 Å². The van der Waals surface area contributed by atoms with Gasteiger partial charge in [0.1, 0.15) is 11.5 Å². The number of fused-ring (bicyclic) bond motifs is 1. The molecule has 1 aromatic carbocycles. The summed E-state index contributed by atoms with van der Waals surface area (Å²) in [5.41, 5.74) is 0.751. The number of morpholine rings is 1. The van der Waals surface area contributed by atoms with Crippen molar-refractivity contribution >= 4 is 16.8 Å². The first-order chi connectivity index (χ1) is 12.6. The number of hydrogen-bond donors (Lipinski definition) is 2. The summed E-state index contributed by atoms with van der Waals surface area (Å²) in [6, 6.07) is 6.54. The second kappa shape index (κ2) is 7.34. The highest BCUT2D eigenvalue weighted by molar-refractivity contribution is 5.98. The first-order valence-electron chi connectivity index (χ1n) is 9.20. The number of nitrogens with one attached hydrogen (secondary N) is 1. The van der Waals surface area contributed by atoms with Gasteiger partial charge in [-0.15, -0.1) is 0 Å². The highest BCUT2D eigenvalue weighted by Gasteiger charge is 2.32. The third-order valence-electron chi connectivity index (χ3n) is 5.47. The van der Waals surface area contributed by atoms with Crippen molar-refractivity contribution in [2.75, 3.05) is 39.4 Å². The highest BCUT2D eigenvalue weighted by Crippen LogP contribution is 2.22. The van der Waals surface area contributed by atoms with Gasteiger partial charge in [-0.1, -0.05) is 12.1 Å². The van der Waals surface area contributed by atoms with E-state index in [0.29, 0.717) is 49.3 Å². The Kier molecular flexibility index (Phi) is 4.93. The molecular weight excluding hydrogens is 337 g/mol. The average Bonchev–Trinajstić information content (AvgIpc) is 3.01. The lowest BCUT2D eigenvalue weighted by atomic mass is 10.0. The molecule has 1 amide bonds. The maximum atomic E-state index is 13.9. The largest absolute Gasteiger partial charge is 0.391 e. The van der Waals surface area contributed by atoms with Gasteiger partial charge in [0.15, 0.2) is 0 Å². The summed E-state index contributed by atoms with van der Waals surface area (Å²) in [4.78, 5) is 19.8. The van der Waals surface area contributed by atoms with Gasteiger partial charge >= 0.3 is 0 Å². The number of nitrogens with zero attached hydrogens (tertiary/aromatic N) is 2. The van der Waals surface area contributed by atoms with Crippen LogP contribution in [0.1, 0.15) is 23.3 Å². The van der Waals surface area contributed by atoms with E-state index < -0.39 is 6.10 Å². The topological polar surface area (TPSA) is 68.8 Å². The van der Waals surface area contributed by atoms with Crippen LogP contribution in [0, 0.1) is 5.82 Å². The summed E-state index contributed by atoms with van der Waals surface area (Å²) in [7, 11) is 0. The molecule has 1 aromatic heterocycles. The number of aliphatic hydroxyl groups excluding tert-OH is 1. The van der Waals surface area contributed by atoms with Crippen molar-refractivity contribution in [2.24, 2.45) is 0 Å². The zero-order chi connectivity index (χ0) is 18.1. The number of aromatic amines is 1. The zero-order valence-corrected chi connectivity index (χ0v) is 14.7. The summed E-state index contributed by atoms with van der Waals surface area (Å²) in [6.45, 7) is 4.08. The molecule has 26 heavy (non-hydrogen) atoms. The molecule has 2 atom stereocenters. The number of H-pyrrole nitrogens is 1. The number of likely N-dealkylation sites (tertiary alicyclic amines) is 1. The van der Waals surface area contributed by atoms with Crippen LogP contribution in [0.5, 0.6) is 0 Å². The van der Waals surface area contributed by atoms with Crippen molar-refractivity contribution in [1.82, 2.24) is 14.8 Å². The number of aromatic nitrogens is 1. The SMILES string of the molecule is O=C(c1cc2cccc(F)c2[nH]1)N1CC[C@H](O)[C@@H](N2CCOCC2)CC1. The number of hydrogen-bond acceptors (Lipinski definition) is 4. The molecule has 0 unspecified atom stereocenters. The van der Waals surface area contributed by atoms with Crippen molar-refractivity contribution in [2.45, 2.75) is 25.0 Å². The van der Waals surface area contributed by atoms with E-state index in [-0.39, 0.29) is 17.8 Å². The van der Waals surface area contributed by atoms with Crippen molar-refractivity contribution in [3.63, 3.8) is 0 Å². The van der Waals surface area contributed by atoms with Crippen LogP contribution in [0.4, 0.5) is 4.39 Å². The average molecular weight is 361 g/mol. The lowest BCUT2D eigenvalue weighted by molar-refractivity contribution is -0.0222. The smallest absolute Gasteiger partial charge is 0.270 e. The van der Waals surface area contributed by atoms with Crippen LogP contribution in [0.25, 0.3) is 10.9 Å². The Hall–Kier alpha value is -1.96. The molecule has 0 aliphatic carbocycles. The molecule has 3 heterocycles. The van der Waals surface area contributed by atoms with Gasteiger partial charge in [-0.05, 0) is 25.0 Å². The second-order valence-electron chi connectivity index (χ2n) is 7.04. The molecule has 4 rings (SSSR count). The highest BCUT2D eigenvalue weighted by atomic mass is 19.1. The second-order valence-corrected chi connectivity index (χ2v) is 7.04. The molecule has 2 saturated heterocycles. The first-order valence-corrected chi connectivity index (χ1v) is 9.20. The molecule has 6 nitrogen and oxygen atoms in total. The maximum Gasteiger partial charge on any atom is 0.270 e. The lowest BCUT2D eigenvalue weighted by Gasteiger charge is -2.36. The predicted molar refractivity (Wildman–Crippen MR) is 95.6 cm³/mol. The zero-order valence-electron chi connectivity index (χ0n) is 14.7. The minimum atomic E-state index is -0.453. The fourth-order valence-electron chi connectivity index (χ4n) is 4.02. The van der Waals surface area contributed by atoms with Gasteiger partial charge in [-0.2, -0.15) is 0 Å². The van der Waals surface area contributed by atoms with Crippen LogP contribution in [0.2, 0.25) is 0 Å². The van der Waals surface area contributed by atoms with Gasteiger partial charge in [0.25, 0.3) is 5.91 Å². The number of aliphatic hydroxyl groups is 1. The Balaban J connectivity index is 1.48. The molecule has 2 aromatic rings. The Bertz CT molecular complexity index is 787. The summed E-state index contributed by atoms with van der Waals surface area (Å²) in [6.07, 6.45) is 0.815. The molecule has 0 saturated carbocycles. The van der Waals surface area contributed by atoms with Crippen molar-refractivity contribution < 1.29 is 19.0 Å². The molecular formula is C19H24FN3O3. The number of carbonyl (C=O) groups is 1. The lowest BCUT2D eigenvalue weighted by Crippen LogP contribution is -2.49. The standard InChI is InChI=1S/C19H24FN3O3/c20-14-3-1-2-13-12-15(21-18(13)14)19(25)23-6-4-16(17(24)5-7-23)22-8-10-26-11-9-22/h1-3,12,16-17,21,24H,4-11H2/t16-,17-/m0/s1. The minimum Gasteiger partial charge on any atom is -0.391 e. The van der Waals surface area contributed by atoms with Crippen LogP contribution in [0.15, 0.2) is 24.3 Å². The molecule has 7 heteroatoms. The molecule has 140 valence electrons. The van der Waals surface area contributed by atoms with E-state index in [9.17, 15) is 14.3 Å². The van der Waals surface area contributed by atoms with Gasteiger partial charge < -0.3 is 19.7 Å². The fourth-order valence-corrected chi connectivity index (χ4v) is 4.02. The fraction of sp³-hybridized carbons (Fsp3) is 0.526. The molecule has 0 spiro atoms. The number of ether oxygens (including phenoxy) is 1. The molecule has 2 aliphatic rings. The predicted octanol–water partition coefficient (Wildman–Crippen LogP) is 1.60. The van der Waals surface area contributed by atoms with Gasteiger partial charge in [0.2, 0.25) is 0 Å². The number of para-hydroxylation sites is 1. The molecule has 0 bridgehead atoms. The van der Waals surface area contributed by atoms with Gasteiger partial charge in [-0.25, -0.2) is 4.39 Å². The number of carbonyl (C=O) groups excluding carboxylic acids is 1. The first kappa shape index (κ1) is 17.5. The third kappa shape index (κ3) is 3.34. The maximum absolute atomic E-state index is 13.9. The number of halogens is 1. The van der Waals surface area contributed by atoms with Gasteiger partial charge in [-0.3, -0.25) is 9.69 Å². The molecule has 2 fully saturated rings. The summed E-state index contributed by atoms with van der Waals surface area (Å²) in [5, 5.41) is 11.2. The Morgan fingerprint density at radius 3 is 2.73 bits per heavy atom. The van der Waals surface area contributed by atoms with Crippen LogP contribution in [-0.4, -0.2) is 77.3 Å². The van der Waals surface area contributed by atoms with Crippen LogP contribution in [-0.2, 0) is 4.74 Å². The molecule has 2 aliphatic heterocycles. The quantitative estimate of drug-likeness (QED) is 0.853. The Morgan fingerprint density at radius 1 is 1.19 bits per heavy atom. The van der Waals surface area contributed by atoms with Gasteiger partial charge in [0, 0.05) is 37.6 Å². The molecule has 2 N–H and O–H groups in total. The van der Waals surface area contributed by atoms with Crippen molar-refractivity contribution in [1.29, 1.82) is 0 Å². The van der Waals surface area contributed by atoms with E-state index in [1.807, 2.05) is 0 Å². The third-order valence-corrected chi connectivity index (χ3v) is 5.47. The van der Waals surface area contributed by atoms with E-state index in [0.717, 1.165) is 19.5 Å². The Morgan fingerprint density at radius 2 is 1.96 bits per heavy atom. The normalized spacial score (nSPS) is 25.4. The van der Waals surface area contributed by atoms with E-state index in [1.165, 1.54) is 6.07 Å². The monoisotopic (exact) mass is 361 g/mol. The van der Waals surface area contributed by atoms with E-state index >= 15 is 0 Å². The van der Waals surface area contributed by atoms with Crippen LogP contribution in [0.3, 0.4) is 0 Å². The van der Waals surface area contributed by atoms with Crippen molar-refractivity contribution in [3.8, 4) is 0 Å². The number of benzene rings is 1. The van der Waals surface area contributed by atoms with Crippen LogP contribution < -0.4 is 0 Å². The van der Waals surface area contributed by atoms with Gasteiger partial charge in [0.05, 0.1) is 24.8 Å². The summed E-state index contributed by atoms with van der Waals surface area (Å²) in [5.74, 6) is -0.504. The Labute approximate surface area is 151 Å². The summed E-state index contributed by atoms with van der Waals surface area (Å²) >= 11 is 0. The van der Waals surface area contributed by atoms with Crippen molar-refractivity contribution in [3.05, 3.63) is 35.8 Å². The summed E-state index contributed by atoms with van der Waals surface area (Å²) < 4.78 is 19.3. The number of rotatable bonds is 2. The molecule has 0 radical (unpaired) electrons. The van der Waals surface area contributed by atoms with E-state index in [4.69, 9.17) is 4.74 Å².